The zero-order valence-corrected chi connectivity index (χ0v) is 15.9. The number of rotatable bonds is 5. The first-order valence-electron chi connectivity index (χ1n) is 8.34. The summed E-state index contributed by atoms with van der Waals surface area (Å²) >= 11 is 3.28. The summed E-state index contributed by atoms with van der Waals surface area (Å²) in [4.78, 5) is 21.3. The molecule has 0 saturated carbocycles. The van der Waals surface area contributed by atoms with E-state index in [1.165, 1.54) is 0 Å². The number of nitrogens with zero attached hydrogens (tertiary/aromatic N) is 2. The molecule has 0 aliphatic carbocycles. The van der Waals surface area contributed by atoms with Gasteiger partial charge in [-0.3, -0.25) is 4.79 Å². The summed E-state index contributed by atoms with van der Waals surface area (Å²) in [5.74, 6) is 0.00140. The molecular formula is C20H17N3OS2. The average molecular weight is 380 g/mol. The highest BCUT2D eigenvalue weighted by molar-refractivity contribution is 7.18. The SMILES string of the molecule is Cc1nc(-c2ccc(NC(=O)CCc3nc4ccccc4s3)cc2)cs1. The van der Waals surface area contributed by atoms with Crippen LogP contribution in [0.4, 0.5) is 5.69 Å². The fourth-order valence-corrected chi connectivity index (χ4v) is 4.28. The molecule has 6 heteroatoms. The molecule has 0 fully saturated rings. The first-order chi connectivity index (χ1) is 12.7. The Balaban J connectivity index is 1.35. The van der Waals surface area contributed by atoms with Gasteiger partial charge >= 0.3 is 0 Å². The number of aromatic nitrogens is 2. The van der Waals surface area contributed by atoms with Crippen LogP contribution in [-0.2, 0) is 11.2 Å². The maximum atomic E-state index is 12.2. The minimum Gasteiger partial charge on any atom is -0.326 e. The number of carbonyl (C=O) groups is 1. The van der Waals surface area contributed by atoms with Gasteiger partial charge in [-0.25, -0.2) is 9.97 Å². The van der Waals surface area contributed by atoms with Crippen LogP contribution in [0.15, 0.2) is 53.9 Å². The van der Waals surface area contributed by atoms with Gasteiger partial charge in [0.25, 0.3) is 0 Å². The van der Waals surface area contributed by atoms with Crippen LogP contribution < -0.4 is 5.32 Å². The zero-order valence-electron chi connectivity index (χ0n) is 14.2. The number of aryl methyl sites for hydroxylation is 2. The standard InChI is InChI=1S/C20H17N3OS2/c1-13-21-17(12-25-13)14-6-8-15(9-7-14)22-19(24)10-11-20-23-16-4-2-3-5-18(16)26-20/h2-9,12H,10-11H2,1H3,(H,22,24). The van der Waals surface area contributed by atoms with Gasteiger partial charge in [0, 0.05) is 29.5 Å². The molecule has 0 bridgehead atoms. The number of anilines is 1. The molecule has 1 amide bonds. The molecule has 4 nitrogen and oxygen atoms in total. The number of hydrogen-bond donors (Lipinski definition) is 1. The number of amides is 1. The first-order valence-corrected chi connectivity index (χ1v) is 10.0. The van der Waals surface area contributed by atoms with E-state index in [4.69, 9.17) is 0 Å². The normalized spacial score (nSPS) is 11.0. The molecule has 4 aromatic rings. The van der Waals surface area contributed by atoms with Crippen molar-refractivity contribution in [3.63, 3.8) is 0 Å². The van der Waals surface area contributed by atoms with Crippen LogP contribution in [0.3, 0.4) is 0 Å². The first kappa shape index (κ1) is 16.9. The molecule has 130 valence electrons. The predicted molar refractivity (Wildman–Crippen MR) is 109 cm³/mol. The van der Waals surface area contributed by atoms with Crippen molar-refractivity contribution in [3.8, 4) is 11.3 Å². The molecule has 4 rings (SSSR count). The number of fused-ring (bicyclic) bond motifs is 1. The highest BCUT2D eigenvalue weighted by atomic mass is 32.1. The molecule has 2 aromatic heterocycles. The maximum absolute atomic E-state index is 12.2. The Kier molecular flexibility index (Phi) is 4.77. The second-order valence-electron chi connectivity index (χ2n) is 5.95. The van der Waals surface area contributed by atoms with E-state index in [0.29, 0.717) is 12.8 Å². The third-order valence-electron chi connectivity index (χ3n) is 3.99. The van der Waals surface area contributed by atoms with Crippen LogP contribution in [-0.4, -0.2) is 15.9 Å². The largest absolute Gasteiger partial charge is 0.326 e. The van der Waals surface area contributed by atoms with Crippen LogP contribution >= 0.6 is 22.7 Å². The van der Waals surface area contributed by atoms with E-state index in [2.05, 4.69) is 21.4 Å². The van der Waals surface area contributed by atoms with E-state index in [0.717, 1.165) is 37.2 Å². The van der Waals surface area contributed by atoms with Gasteiger partial charge in [-0.15, -0.1) is 22.7 Å². The number of nitrogens with one attached hydrogen (secondary N) is 1. The Morgan fingerprint density at radius 2 is 1.88 bits per heavy atom. The molecule has 0 spiro atoms. The van der Waals surface area contributed by atoms with Crippen molar-refractivity contribution in [1.82, 2.24) is 9.97 Å². The van der Waals surface area contributed by atoms with Gasteiger partial charge in [0.2, 0.25) is 5.91 Å². The van der Waals surface area contributed by atoms with Crippen molar-refractivity contribution in [2.75, 3.05) is 5.32 Å². The minimum atomic E-state index is 0.00140. The third kappa shape index (κ3) is 3.81. The molecule has 0 aliphatic rings. The Morgan fingerprint density at radius 3 is 2.62 bits per heavy atom. The highest BCUT2D eigenvalue weighted by Gasteiger charge is 2.08. The monoisotopic (exact) mass is 379 g/mol. The average Bonchev–Trinajstić information content (AvgIpc) is 3.26. The summed E-state index contributed by atoms with van der Waals surface area (Å²) in [5.41, 5.74) is 3.83. The van der Waals surface area contributed by atoms with Gasteiger partial charge in [-0.05, 0) is 31.2 Å². The second-order valence-corrected chi connectivity index (χ2v) is 8.13. The molecule has 0 radical (unpaired) electrons. The maximum Gasteiger partial charge on any atom is 0.224 e. The van der Waals surface area contributed by atoms with Crippen molar-refractivity contribution in [2.45, 2.75) is 19.8 Å². The van der Waals surface area contributed by atoms with Crippen LogP contribution in [0.1, 0.15) is 16.4 Å². The quantitative estimate of drug-likeness (QED) is 0.512. The van der Waals surface area contributed by atoms with Gasteiger partial charge < -0.3 is 5.32 Å². The summed E-state index contributed by atoms with van der Waals surface area (Å²) < 4.78 is 1.16. The van der Waals surface area contributed by atoms with Crippen molar-refractivity contribution in [2.24, 2.45) is 0 Å². The number of carbonyl (C=O) groups excluding carboxylic acids is 1. The molecule has 2 aromatic carbocycles. The lowest BCUT2D eigenvalue weighted by atomic mass is 10.1. The molecule has 0 unspecified atom stereocenters. The third-order valence-corrected chi connectivity index (χ3v) is 5.86. The fraction of sp³-hybridized carbons (Fsp3) is 0.150. The van der Waals surface area contributed by atoms with Gasteiger partial charge in [0.1, 0.15) is 0 Å². The topological polar surface area (TPSA) is 54.9 Å². The summed E-state index contributed by atoms with van der Waals surface area (Å²) in [6.45, 7) is 1.99. The highest BCUT2D eigenvalue weighted by Crippen LogP contribution is 2.24. The molecule has 26 heavy (non-hydrogen) atoms. The molecule has 0 atom stereocenters. The molecular weight excluding hydrogens is 362 g/mol. The predicted octanol–water partition coefficient (Wildman–Crippen LogP) is 5.30. The van der Waals surface area contributed by atoms with E-state index in [1.54, 1.807) is 22.7 Å². The van der Waals surface area contributed by atoms with Crippen LogP contribution in [0.25, 0.3) is 21.5 Å². The summed E-state index contributed by atoms with van der Waals surface area (Å²) in [6, 6.07) is 15.8. The Morgan fingerprint density at radius 1 is 1.08 bits per heavy atom. The molecule has 0 aliphatic heterocycles. The number of hydrogen-bond acceptors (Lipinski definition) is 5. The fourth-order valence-electron chi connectivity index (χ4n) is 2.69. The van der Waals surface area contributed by atoms with Gasteiger partial charge in [0.05, 0.1) is 25.9 Å². The summed E-state index contributed by atoms with van der Waals surface area (Å²) in [7, 11) is 0. The van der Waals surface area contributed by atoms with E-state index >= 15 is 0 Å². The molecule has 0 saturated heterocycles. The zero-order chi connectivity index (χ0) is 17.9. The lowest BCUT2D eigenvalue weighted by Crippen LogP contribution is -2.12. The van der Waals surface area contributed by atoms with Gasteiger partial charge in [-0.2, -0.15) is 0 Å². The minimum absolute atomic E-state index is 0.00140. The Bertz CT molecular complexity index is 1020. The van der Waals surface area contributed by atoms with E-state index in [1.807, 2.05) is 54.8 Å². The van der Waals surface area contributed by atoms with E-state index < -0.39 is 0 Å². The van der Waals surface area contributed by atoms with Crippen LogP contribution in [0.5, 0.6) is 0 Å². The number of benzene rings is 2. The Hall–Kier alpha value is -2.57. The van der Waals surface area contributed by atoms with Crippen LogP contribution in [0, 0.1) is 6.92 Å². The van der Waals surface area contributed by atoms with Crippen molar-refractivity contribution in [1.29, 1.82) is 0 Å². The van der Waals surface area contributed by atoms with Crippen molar-refractivity contribution >= 4 is 44.5 Å². The van der Waals surface area contributed by atoms with Gasteiger partial charge in [-0.1, -0.05) is 24.3 Å². The number of thiazole rings is 2. The lowest BCUT2D eigenvalue weighted by Gasteiger charge is -2.05. The van der Waals surface area contributed by atoms with Crippen LogP contribution in [0.2, 0.25) is 0 Å². The van der Waals surface area contributed by atoms with Crippen molar-refractivity contribution in [3.05, 3.63) is 63.9 Å². The Labute approximate surface area is 159 Å². The summed E-state index contributed by atoms with van der Waals surface area (Å²) in [5, 5.41) is 7.04. The van der Waals surface area contributed by atoms with E-state index in [9.17, 15) is 4.79 Å². The molecule has 2 heterocycles. The lowest BCUT2D eigenvalue weighted by molar-refractivity contribution is -0.116. The van der Waals surface area contributed by atoms with Crippen molar-refractivity contribution < 1.29 is 4.79 Å². The summed E-state index contributed by atoms with van der Waals surface area (Å²) in [6.07, 6.45) is 1.08. The molecule has 1 N–H and O–H groups in total. The number of para-hydroxylation sites is 1. The second kappa shape index (κ2) is 7.35. The van der Waals surface area contributed by atoms with E-state index in [-0.39, 0.29) is 5.91 Å². The smallest absolute Gasteiger partial charge is 0.224 e. The van der Waals surface area contributed by atoms with Gasteiger partial charge in [0.15, 0.2) is 0 Å².